The third-order valence-electron chi connectivity index (χ3n) is 1.47. The second-order valence-corrected chi connectivity index (χ2v) is 2.71. The molecule has 0 N–H and O–H groups in total. The predicted molar refractivity (Wildman–Crippen MR) is 49.7 cm³/mol. The van der Waals surface area contributed by atoms with Crippen LogP contribution in [0.4, 0.5) is 0 Å². The lowest BCUT2D eigenvalue weighted by molar-refractivity contribution is 0.0728. The average Bonchev–Trinajstić information content (AvgIpc) is 2.05. The van der Waals surface area contributed by atoms with Gasteiger partial charge in [-0.2, -0.15) is 5.26 Å². The average molecular weight is 167 g/mol. The molecule has 0 amide bonds. The van der Waals surface area contributed by atoms with E-state index in [9.17, 15) is 0 Å². The van der Waals surface area contributed by atoms with E-state index >= 15 is 0 Å². The van der Waals surface area contributed by atoms with E-state index in [2.05, 4.69) is 25.1 Å². The maximum absolute atomic E-state index is 8.33. The molecule has 68 valence electrons. The molecule has 0 rings (SSSR count). The summed E-state index contributed by atoms with van der Waals surface area (Å²) in [4.78, 5) is 0. The number of allylic oxidation sites excluding steroid dienone is 1. The van der Waals surface area contributed by atoms with Crippen LogP contribution in [0.2, 0.25) is 0 Å². The van der Waals surface area contributed by atoms with Crippen molar-refractivity contribution in [3.8, 4) is 6.07 Å². The van der Waals surface area contributed by atoms with Gasteiger partial charge in [-0.15, -0.1) is 0 Å². The molecular weight excluding hydrogens is 150 g/mol. The maximum atomic E-state index is 8.33. The number of hydrogen-bond acceptors (Lipinski definition) is 2. The van der Waals surface area contributed by atoms with Gasteiger partial charge in [0.05, 0.1) is 25.2 Å². The lowest BCUT2D eigenvalue weighted by Gasteiger charge is -2.06. The Labute approximate surface area is 74.8 Å². The molecule has 0 aromatic rings. The highest BCUT2D eigenvalue weighted by molar-refractivity contribution is 4.80. The van der Waals surface area contributed by atoms with Crippen LogP contribution in [0, 0.1) is 11.3 Å². The third-order valence-corrected chi connectivity index (χ3v) is 1.47. The van der Waals surface area contributed by atoms with Gasteiger partial charge >= 0.3 is 0 Å². The first-order chi connectivity index (χ1) is 5.81. The zero-order chi connectivity index (χ0) is 9.23. The topological polar surface area (TPSA) is 33.0 Å². The minimum atomic E-state index is 0.0741. The van der Waals surface area contributed by atoms with E-state index in [-0.39, 0.29) is 6.10 Å². The van der Waals surface area contributed by atoms with Crippen LogP contribution in [0.3, 0.4) is 0 Å². The summed E-state index contributed by atoms with van der Waals surface area (Å²) in [7, 11) is 0. The molecule has 1 unspecified atom stereocenters. The smallest absolute Gasteiger partial charge is 0.0676 e. The molecule has 0 saturated carbocycles. The second-order valence-electron chi connectivity index (χ2n) is 2.71. The summed E-state index contributed by atoms with van der Waals surface area (Å²) < 4.78 is 5.36. The van der Waals surface area contributed by atoms with Crippen molar-refractivity contribution in [2.45, 2.75) is 39.2 Å². The monoisotopic (exact) mass is 167 g/mol. The first kappa shape index (κ1) is 11.2. The van der Waals surface area contributed by atoms with Crippen molar-refractivity contribution >= 4 is 0 Å². The van der Waals surface area contributed by atoms with Gasteiger partial charge < -0.3 is 4.74 Å². The lowest BCUT2D eigenvalue weighted by Crippen LogP contribution is -2.07. The van der Waals surface area contributed by atoms with Crippen molar-refractivity contribution in [1.82, 2.24) is 0 Å². The Morgan fingerprint density at radius 3 is 2.83 bits per heavy atom. The first-order valence-corrected chi connectivity index (χ1v) is 4.44. The second kappa shape index (κ2) is 8.29. The largest absolute Gasteiger partial charge is 0.377 e. The number of nitrogens with zero attached hydrogens (tertiary/aromatic N) is 1. The summed E-state index contributed by atoms with van der Waals surface area (Å²) >= 11 is 0. The van der Waals surface area contributed by atoms with E-state index in [1.165, 1.54) is 0 Å². The fourth-order valence-electron chi connectivity index (χ4n) is 0.809. The Balaban J connectivity index is 3.20. The van der Waals surface area contributed by atoms with Crippen LogP contribution in [-0.4, -0.2) is 12.7 Å². The zero-order valence-corrected chi connectivity index (χ0v) is 7.92. The Hall–Kier alpha value is -0.810. The fraction of sp³-hybridized carbons (Fsp3) is 0.700. The summed E-state index contributed by atoms with van der Waals surface area (Å²) in [6, 6.07) is 2.08. The Morgan fingerprint density at radius 2 is 2.25 bits per heavy atom. The van der Waals surface area contributed by atoms with Gasteiger partial charge in [0.25, 0.3) is 0 Å². The van der Waals surface area contributed by atoms with Crippen LogP contribution in [0.25, 0.3) is 0 Å². The van der Waals surface area contributed by atoms with Gasteiger partial charge in [-0.25, -0.2) is 0 Å². The number of rotatable bonds is 6. The standard InChI is InChI=1S/C10H17NO/c1-3-4-5-6-9-12-10(2)7-8-11/h4-5,10H,3,6-7,9H2,1-2H3/b5-4-. The molecule has 0 aliphatic rings. The summed E-state index contributed by atoms with van der Waals surface area (Å²) in [6.07, 6.45) is 6.82. The maximum Gasteiger partial charge on any atom is 0.0676 e. The van der Waals surface area contributed by atoms with Crippen molar-refractivity contribution in [3.05, 3.63) is 12.2 Å². The van der Waals surface area contributed by atoms with Crippen LogP contribution in [0.15, 0.2) is 12.2 Å². The molecule has 0 radical (unpaired) electrons. The molecule has 0 fully saturated rings. The number of nitriles is 1. The predicted octanol–water partition coefficient (Wildman–Crippen LogP) is 2.66. The number of hydrogen-bond donors (Lipinski definition) is 0. The fourth-order valence-corrected chi connectivity index (χ4v) is 0.809. The lowest BCUT2D eigenvalue weighted by atomic mass is 10.3. The molecule has 0 saturated heterocycles. The molecule has 0 aliphatic heterocycles. The summed E-state index contributed by atoms with van der Waals surface area (Å²) in [5.41, 5.74) is 0. The van der Waals surface area contributed by atoms with Crippen LogP contribution in [-0.2, 0) is 4.74 Å². The minimum Gasteiger partial charge on any atom is -0.377 e. The van der Waals surface area contributed by atoms with Crippen LogP contribution in [0.5, 0.6) is 0 Å². The van der Waals surface area contributed by atoms with E-state index in [1.54, 1.807) is 0 Å². The highest BCUT2D eigenvalue weighted by Crippen LogP contribution is 1.97. The Kier molecular flexibility index (Phi) is 7.73. The van der Waals surface area contributed by atoms with E-state index in [0.717, 1.165) is 19.4 Å². The summed E-state index contributed by atoms with van der Waals surface area (Å²) in [5.74, 6) is 0. The molecule has 0 aliphatic carbocycles. The molecule has 12 heavy (non-hydrogen) atoms. The third kappa shape index (κ3) is 7.30. The van der Waals surface area contributed by atoms with Crippen LogP contribution < -0.4 is 0 Å². The van der Waals surface area contributed by atoms with E-state index in [4.69, 9.17) is 10.00 Å². The SMILES string of the molecule is CC/C=C\CCOC(C)CC#N. The molecule has 0 spiro atoms. The quantitative estimate of drug-likeness (QED) is 0.450. The van der Waals surface area contributed by atoms with Crippen molar-refractivity contribution in [1.29, 1.82) is 5.26 Å². The minimum absolute atomic E-state index is 0.0741. The molecule has 2 nitrogen and oxygen atoms in total. The van der Waals surface area contributed by atoms with E-state index < -0.39 is 0 Å². The van der Waals surface area contributed by atoms with Gasteiger partial charge in [-0.3, -0.25) is 0 Å². The van der Waals surface area contributed by atoms with Crippen molar-refractivity contribution < 1.29 is 4.74 Å². The molecular formula is C10H17NO. The Morgan fingerprint density at radius 1 is 1.50 bits per heavy atom. The molecule has 0 aromatic heterocycles. The van der Waals surface area contributed by atoms with E-state index in [1.807, 2.05) is 6.92 Å². The van der Waals surface area contributed by atoms with Gasteiger partial charge in [0.1, 0.15) is 0 Å². The first-order valence-electron chi connectivity index (χ1n) is 4.44. The zero-order valence-electron chi connectivity index (χ0n) is 7.92. The summed E-state index contributed by atoms with van der Waals surface area (Å²) in [5, 5.41) is 8.33. The van der Waals surface area contributed by atoms with Crippen molar-refractivity contribution in [2.24, 2.45) is 0 Å². The van der Waals surface area contributed by atoms with E-state index in [0.29, 0.717) is 6.42 Å². The molecule has 0 heterocycles. The van der Waals surface area contributed by atoms with Crippen LogP contribution >= 0.6 is 0 Å². The van der Waals surface area contributed by atoms with Gasteiger partial charge in [0, 0.05) is 0 Å². The van der Waals surface area contributed by atoms with Crippen molar-refractivity contribution in [3.63, 3.8) is 0 Å². The summed E-state index contributed by atoms with van der Waals surface area (Å²) in [6.45, 7) is 4.75. The van der Waals surface area contributed by atoms with Crippen LogP contribution in [0.1, 0.15) is 33.1 Å². The van der Waals surface area contributed by atoms with Gasteiger partial charge in [-0.05, 0) is 19.8 Å². The van der Waals surface area contributed by atoms with Gasteiger partial charge in [0.2, 0.25) is 0 Å². The van der Waals surface area contributed by atoms with Gasteiger partial charge in [0.15, 0.2) is 0 Å². The molecule has 0 aromatic carbocycles. The molecule has 0 bridgehead atoms. The molecule has 1 atom stereocenters. The van der Waals surface area contributed by atoms with Gasteiger partial charge in [-0.1, -0.05) is 19.1 Å². The highest BCUT2D eigenvalue weighted by Gasteiger charge is 1.98. The number of ether oxygens (including phenoxy) is 1. The highest BCUT2D eigenvalue weighted by atomic mass is 16.5. The van der Waals surface area contributed by atoms with Crippen molar-refractivity contribution in [2.75, 3.05) is 6.61 Å². The molecule has 2 heteroatoms. The normalized spacial score (nSPS) is 13.1. The Bertz CT molecular complexity index is 158.